The van der Waals surface area contributed by atoms with E-state index in [2.05, 4.69) is 69.2 Å². The first-order valence-corrected chi connectivity index (χ1v) is 21.8. The van der Waals surface area contributed by atoms with Crippen molar-refractivity contribution in [1.82, 2.24) is 0 Å². The van der Waals surface area contributed by atoms with Gasteiger partial charge < -0.3 is 0 Å². The molecule has 0 bridgehead atoms. The van der Waals surface area contributed by atoms with E-state index >= 15 is 0 Å². The summed E-state index contributed by atoms with van der Waals surface area (Å²) in [6, 6.07) is 0. The smallest absolute Gasteiger partial charge is 0.0590 e. The van der Waals surface area contributed by atoms with E-state index in [9.17, 15) is 0 Å². The Hall–Kier alpha value is 1.38. The zero-order valence-corrected chi connectivity index (χ0v) is 22.8. The first-order chi connectivity index (χ1) is 12.9. The van der Waals surface area contributed by atoms with E-state index in [0.717, 1.165) is 30.7 Å². The van der Waals surface area contributed by atoms with Gasteiger partial charge in [-0.1, -0.05) is 20.3 Å². The topological polar surface area (TPSA) is 0 Å². The van der Waals surface area contributed by atoms with Crippen LogP contribution in [0.1, 0.15) is 75.7 Å². The molecule has 0 aromatic carbocycles. The molecule has 4 atom stereocenters. The molecule has 0 aliphatic carbocycles. The monoisotopic (exact) mass is 462 g/mol. The molecular formula is C25H44FeP2. The Morgan fingerprint density at radius 3 is 0.964 bits per heavy atom. The molecule has 0 aromatic heterocycles. The largest absolute Gasteiger partial charge is 0.0656 e. The van der Waals surface area contributed by atoms with E-state index in [4.69, 9.17) is 0 Å². The van der Waals surface area contributed by atoms with E-state index in [1.54, 1.807) is 0 Å². The van der Waals surface area contributed by atoms with Gasteiger partial charge in [-0.2, -0.15) is 0 Å². The summed E-state index contributed by atoms with van der Waals surface area (Å²) < 4.78 is 2.26. The van der Waals surface area contributed by atoms with Gasteiger partial charge in [-0.15, -0.1) is 0 Å². The van der Waals surface area contributed by atoms with Crippen LogP contribution in [0.25, 0.3) is 0 Å². The van der Waals surface area contributed by atoms with Crippen molar-refractivity contribution in [3.05, 3.63) is 0 Å². The van der Waals surface area contributed by atoms with Crippen LogP contribution in [0.3, 0.4) is 0 Å². The van der Waals surface area contributed by atoms with Gasteiger partial charge in [-0.3, -0.25) is 0 Å². The van der Waals surface area contributed by atoms with Crippen molar-refractivity contribution in [2.24, 2.45) is 0 Å². The summed E-state index contributed by atoms with van der Waals surface area (Å²) >= 11 is 0. The molecule has 0 nitrogen and oxygen atoms in total. The molecule has 0 aromatic rings. The van der Waals surface area contributed by atoms with Gasteiger partial charge in [0.05, 0.1) is 0 Å². The van der Waals surface area contributed by atoms with E-state index in [-0.39, 0.29) is 15.8 Å². The van der Waals surface area contributed by atoms with Crippen LogP contribution < -0.4 is 0 Å². The van der Waals surface area contributed by atoms with Gasteiger partial charge in [0.1, 0.15) is 0 Å². The number of hydrogen-bond donors (Lipinski definition) is 0. The van der Waals surface area contributed by atoms with Crippen LogP contribution in [0.2, 0.25) is 38.5 Å². The molecule has 1 spiro atoms. The Kier molecular flexibility index (Phi) is 1.25. The third-order valence-corrected chi connectivity index (χ3v) is 76.2. The van der Waals surface area contributed by atoms with E-state index < -0.39 is 6.51 Å². The molecule has 10 heterocycles. The number of rotatable bonds is 6. The number of hydrogen-bond acceptors (Lipinski definition) is 0. The van der Waals surface area contributed by atoms with Crippen LogP contribution in [-0.2, 0) is 6.51 Å². The Morgan fingerprint density at radius 2 is 0.821 bits per heavy atom. The summed E-state index contributed by atoms with van der Waals surface area (Å²) in [6.07, 6.45) is 1.25. The van der Waals surface area contributed by atoms with Crippen LogP contribution in [0.5, 0.6) is 0 Å². The fourth-order valence-electron chi connectivity index (χ4n) is 20.5. The fourth-order valence-corrected chi connectivity index (χ4v) is 131. The van der Waals surface area contributed by atoms with E-state index in [1.165, 1.54) is 45.0 Å². The minimum absolute atomic E-state index is 0.290. The quantitative estimate of drug-likeness (QED) is 0.273. The molecule has 10 aliphatic rings. The third-order valence-electron chi connectivity index (χ3n) is 17.7. The van der Waals surface area contributed by atoms with Gasteiger partial charge in [-0.25, -0.2) is 0 Å². The van der Waals surface area contributed by atoms with Crippen molar-refractivity contribution in [1.29, 1.82) is 0 Å². The summed E-state index contributed by atoms with van der Waals surface area (Å²) in [6.45, 7) is 22.4. The van der Waals surface area contributed by atoms with Crippen LogP contribution >= 0.6 is 15.8 Å². The minimum atomic E-state index is -3.22. The van der Waals surface area contributed by atoms with E-state index in [0.29, 0.717) is 0 Å². The van der Waals surface area contributed by atoms with Crippen molar-refractivity contribution in [3.63, 3.8) is 0 Å². The van der Waals surface area contributed by atoms with Crippen LogP contribution in [0, 0.1) is 0 Å². The molecule has 10 fully saturated rings. The molecule has 10 aliphatic heterocycles. The maximum absolute atomic E-state index is 3.22. The molecule has 10 rings (SSSR count). The predicted molar refractivity (Wildman–Crippen MR) is 126 cm³/mol. The third kappa shape index (κ3) is 0.290. The van der Waals surface area contributed by atoms with Crippen molar-refractivity contribution in [3.8, 4) is 0 Å². The predicted octanol–water partition coefficient (Wildman–Crippen LogP) is 9.20. The first-order valence-electron chi connectivity index (χ1n) is 12.7. The summed E-state index contributed by atoms with van der Waals surface area (Å²) in [5.74, 6) is 0. The second kappa shape index (κ2) is 2.07. The maximum Gasteiger partial charge on any atom is -0.0590 e. The van der Waals surface area contributed by atoms with Crippen molar-refractivity contribution in [2.75, 3.05) is 0 Å². The molecule has 0 saturated carbocycles. The molecular weight excluding hydrogens is 418 g/mol. The Morgan fingerprint density at radius 1 is 0.571 bits per heavy atom. The standard InChI is InChI=1S/C17H31P2.C5H5.C3H8.Fe/c1-12(2)18(13(3)4)16-10-9-11-17(16)19(14(5)6)15(7)8;1-2-4-5-3-1;1-3-2;/h9-15H,1-8H3;1-5H;3H2,1-2H3;. The van der Waals surface area contributed by atoms with Gasteiger partial charge in [0.25, 0.3) is 0 Å². The maximum atomic E-state index is 2.67. The molecule has 0 radical (unpaired) electrons. The first kappa shape index (κ1) is 16.9. The Balaban J connectivity index is 0.000000411. The van der Waals surface area contributed by atoms with Gasteiger partial charge in [-0.05, 0) is 0 Å². The number of fused-ring (bicyclic) bond motifs is 10. The molecule has 162 valence electrons. The summed E-state index contributed by atoms with van der Waals surface area (Å²) in [4.78, 5) is 11.9. The molecule has 4 unspecified atom stereocenters. The van der Waals surface area contributed by atoms with Crippen LogP contribution in [0.4, 0.5) is 0 Å². The van der Waals surface area contributed by atoms with Gasteiger partial charge in [0.2, 0.25) is 0 Å². The Bertz CT molecular complexity index is 1090. The molecule has 0 N–H and O–H groups in total. The van der Waals surface area contributed by atoms with E-state index in [1.807, 2.05) is 0 Å². The van der Waals surface area contributed by atoms with Gasteiger partial charge in [0.15, 0.2) is 0 Å². The van der Waals surface area contributed by atoms with Crippen molar-refractivity contribution < 1.29 is 6.51 Å². The normalized spacial score (nSPS) is 80.4. The molecule has 10 saturated heterocycles. The van der Waals surface area contributed by atoms with Crippen molar-refractivity contribution >= 4 is 15.8 Å². The zero-order chi connectivity index (χ0) is 20.1. The summed E-state index contributed by atoms with van der Waals surface area (Å²) in [5.41, 5.74) is 4.07. The molecule has 28 heavy (non-hydrogen) atoms. The van der Waals surface area contributed by atoms with Crippen LogP contribution in [0.15, 0.2) is 0 Å². The average molecular weight is 462 g/mol. The SMILES string of the molecule is CC(C)P(C(C)C)[C]12[CH]3[CH]4[CH]5[C]1(P(C(C)C)C(C)C)[Fe]43521678[CH]2[CH]1[CH]6[CH]7[CH]28.CCC. The van der Waals surface area contributed by atoms with Crippen molar-refractivity contribution in [2.45, 2.75) is 145 Å². The minimum Gasteiger partial charge on any atom is -0.0656 e. The molecule has 0 amide bonds. The second-order valence-electron chi connectivity index (χ2n) is 15.6. The average Bonchev–Trinajstić information content (AvgIpc) is 3.49. The van der Waals surface area contributed by atoms with Gasteiger partial charge in [0, 0.05) is 0 Å². The summed E-state index contributed by atoms with van der Waals surface area (Å²) in [5, 5.41) is 0. The summed E-state index contributed by atoms with van der Waals surface area (Å²) in [7, 11) is 0.579. The molecule has 3 heteroatoms. The zero-order valence-electron chi connectivity index (χ0n) is 19.9. The Labute approximate surface area is 166 Å². The van der Waals surface area contributed by atoms with Gasteiger partial charge >= 0.3 is 147 Å². The second-order valence-corrected chi connectivity index (χ2v) is 46.8. The fraction of sp³-hybridized carbons (Fsp3) is 1.00. The van der Waals surface area contributed by atoms with Crippen LogP contribution in [-0.4, -0.2) is 30.7 Å².